The molecule has 1 aromatic rings. The van der Waals surface area contributed by atoms with Gasteiger partial charge in [0.15, 0.2) is 0 Å². The zero-order valence-corrected chi connectivity index (χ0v) is 19.6. The molecule has 0 aliphatic carbocycles. The molecular weight excluding hydrogens is 344 g/mol. The van der Waals surface area contributed by atoms with Crippen LogP contribution in [0.15, 0.2) is 12.1 Å². The van der Waals surface area contributed by atoms with E-state index < -0.39 is 0 Å². The third-order valence-corrected chi connectivity index (χ3v) is 5.76. The highest BCUT2D eigenvalue weighted by Gasteiger charge is 2.17. The van der Waals surface area contributed by atoms with E-state index in [4.69, 9.17) is 4.74 Å². The van der Waals surface area contributed by atoms with E-state index in [1.54, 1.807) is 0 Å². The number of rotatable bonds is 13. The van der Waals surface area contributed by atoms with Crippen molar-refractivity contribution in [2.75, 3.05) is 0 Å². The first-order chi connectivity index (χ1) is 13.0. The normalized spacial score (nSPS) is 12.2. The van der Waals surface area contributed by atoms with Crippen molar-refractivity contribution in [2.24, 2.45) is 5.41 Å². The molecule has 0 fully saturated rings. The fraction of sp³-hybridized carbons (Fsp3) is 0.731. The minimum atomic E-state index is -0.331. The number of carbonyl (C=O) groups is 1. The molecular formula is C26H44O2. The Morgan fingerprint density at radius 3 is 1.64 bits per heavy atom. The molecule has 2 nitrogen and oxygen atoms in total. The number of benzene rings is 1. The standard InChI is InChI=1S/C26H44O2/c1-21-19-24(15-11-9-13-17-26(6,7)28-20-27)22(2)18-23(21)14-10-8-12-16-25(3,4)5/h18-20H,8-17H2,1-7H3. The van der Waals surface area contributed by atoms with E-state index in [0.717, 1.165) is 19.3 Å². The summed E-state index contributed by atoms with van der Waals surface area (Å²) in [5.74, 6) is 0. The van der Waals surface area contributed by atoms with Crippen LogP contribution in [0.5, 0.6) is 0 Å². The summed E-state index contributed by atoms with van der Waals surface area (Å²) in [5, 5.41) is 0. The maximum atomic E-state index is 10.5. The fourth-order valence-electron chi connectivity index (χ4n) is 3.85. The van der Waals surface area contributed by atoms with Gasteiger partial charge in [0.1, 0.15) is 5.60 Å². The van der Waals surface area contributed by atoms with Gasteiger partial charge in [-0.2, -0.15) is 0 Å². The molecule has 0 heterocycles. The van der Waals surface area contributed by atoms with E-state index >= 15 is 0 Å². The highest BCUT2D eigenvalue weighted by atomic mass is 16.5. The second-order valence-electron chi connectivity index (χ2n) is 10.4. The van der Waals surface area contributed by atoms with Crippen molar-refractivity contribution in [3.63, 3.8) is 0 Å². The van der Waals surface area contributed by atoms with Gasteiger partial charge in [-0.3, -0.25) is 4.79 Å². The molecule has 0 saturated heterocycles. The van der Waals surface area contributed by atoms with E-state index in [0.29, 0.717) is 11.9 Å². The summed E-state index contributed by atoms with van der Waals surface area (Å²) in [6.07, 6.45) is 12.1. The Hall–Kier alpha value is -1.31. The molecule has 0 radical (unpaired) electrons. The van der Waals surface area contributed by atoms with Crippen LogP contribution in [-0.4, -0.2) is 12.1 Å². The zero-order chi connectivity index (χ0) is 21.2. The minimum absolute atomic E-state index is 0.331. The van der Waals surface area contributed by atoms with Crippen LogP contribution >= 0.6 is 0 Å². The highest BCUT2D eigenvalue weighted by molar-refractivity contribution is 5.38. The quantitative estimate of drug-likeness (QED) is 0.258. The van der Waals surface area contributed by atoms with Gasteiger partial charge in [0.2, 0.25) is 0 Å². The maximum Gasteiger partial charge on any atom is 0.293 e. The number of aryl methyl sites for hydroxylation is 4. The molecule has 0 aliphatic heterocycles. The molecule has 0 saturated carbocycles. The molecule has 2 heteroatoms. The predicted molar refractivity (Wildman–Crippen MR) is 121 cm³/mol. The maximum absolute atomic E-state index is 10.5. The van der Waals surface area contributed by atoms with Gasteiger partial charge in [0.05, 0.1) is 0 Å². The van der Waals surface area contributed by atoms with Crippen molar-refractivity contribution in [1.82, 2.24) is 0 Å². The molecule has 160 valence electrons. The average molecular weight is 389 g/mol. The van der Waals surface area contributed by atoms with Crippen molar-refractivity contribution in [3.8, 4) is 0 Å². The van der Waals surface area contributed by atoms with Crippen LogP contribution < -0.4 is 0 Å². The van der Waals surface area contributed by atoms with Gasteiger partial charge < -0.3 is 4.74 Å². The first-order valence-electron chi connectivity index (χ1n) is 11.2. The Labute approximate surface area is 174 Å². The molecule has 0 unspecified atom stereocenters. The Balaban J connectivity index is 2.39. The zero-order valence-electron chi connectivity index (χ0n) is 19.6. The Bertz CT molecular complexity index is 593. The first-order valence-corrected chi connectivity index (χ1v) is 11.2. The molecule has 0 amide bonds. The van der Waals surface area contributed by atoms with Gasteiger partial charge in [-0.1, -0.05) is 52.2 Å². The number of unbranched alkanes of at least 4 members (excludes halogenated alkanes) is 4. The van der Waals surface area contributed by atoms with Gasteiger partial charge >= 0.3 is 0 Å². The van der Waals surface area contributed by atoms with Crippen molar-refractivity contribution < 1.29 is 9.53 Å². The van der Waals surface area contributed by atoms with Crippen LogP contribution in [0, 0.1) is 19.3 Å². The summed E-state index contributed by atoms with van der Waals surface area (Å²) in [6, 6.07) is 4.84. The summed E-state index contributed by atoms with van der Waals surface area (Å²) in [7, 11) is 0. The lowest BCUT2D eigenvalue weighted by Gasteiger charge is -2.22. The molecule has 0 aliphatic rings. The van der Waals surface area contributed by atoms with E-state index in [1.165, 1.54) is 67.2 Å². The van der Waals surface area contributed by atoms with Gasteiger partial charge in [0, 0.05) is 0 Å². The summed E-state index contributed by atoms with van der Waals surface area (Å²) >= 11 is 0. The van der Waals surface area contributed by atoms with Gasteiger partial charge in [-0.25, -0.2) is 0 Å². The Morgan fingerprint density at radius 2 is 1.21 bits per heavy atom. The van der Waals surface area contributed by atoms with Crippen LogP contribution in [-0.2, 0) is 22.4 Å². The van der Waals surface area contributed by atoms with Crippen molar-refractivity contribution >= 4 is 6.47 Å². The smallest absolute Gasteiger partial charge is 0.293 e. The number of carbonyl (C=O) groups excluding carboxylic acids is 1. The Morgan fingerprint density at radius 1 is 0.750 bits per heavy atom. The third-order valence-electron chi connectivity index (χ3n) is 5.76. The topological polar surface area (TPSA) is 26.3 Å². The van der Waals surface area contributed by atoms with Crippen LogP contribution in [0.25, 0.3) is 0 Å². The van der Waals surface area contributed by atoms with Crippen molar-refractivity contribution in [2.45, 2.75) is 118 Å². The van der Waals surface area contributed by atoms with E-state index in [1.807, 2.05) is 13.8 Å². The van der Waals surface area contributed by atoms with Crippen molar-refractivity contribution in [1.29, 1.82) is 0 Å². The molecule has 28 heavy (non-hydrogen) atoms. The summed E-state index contributed by atoms with van der Waals surface area (Å²) < 4.78 is 5.13. The monoisotopic (exact) mass is 388 g/mol. The molecule has 0 aromatic heterocycles. The lowest BCUT2D eigenvalue weighted by Crippen LogP contribution is -2.23. The van der Waals surface area contributed by atoms with Gasteiger partial charge in [-0.05, 0) is 100 Å². The van der Waals surface area contributed by atoms with Crippen LogP contribution in [0.2, 0.25) is 0 Å². The van der Waals surface area contributed by atoms with E-state index in [9.17, 15) is 4.79 Å². The second kappa shape index (κ2) is 11.6. The van der Waals surface area contributed by atoms with Crippen molar-refractivity contribution in [3.05, 3.63) is 34.4 Å². The highest BCUT2D eigenvalue weighted by Crippen LogP contribution is 2.24. The molecule has 1 rings (SSSR count). The van der Waals surface area contributed by atoms with Crippen LogP contribution in [0.1, 0.15) is 108 Å². The number of hydrogen-bond acceptors (Lipinski definition) is 2. The van der Waals surface area contributed by atoms with Gasteiger partial charge in [0.25, 0.3) is 6.47 Å². The lowest BCUT2D eigenvalue weighted by molar-refractivity contribution is -0.140. The average Bonchev–Trinajstić information content (AvgIpc) is 2.56. The van der Waals surface area contributed by atoms with Crippen LogP contribution in [0.4, 0.5) is 0 Å². The first kappa shape index (κ1) is 24.7. The predicted octanol–water partition coefficient (Wildman–Crippen LogP) is 7.51. The number of ether oxygens (including phenoxy) is 1. The van der Waals surface area contributed by atoms with Gasteiger partial charge in [-0.15, -0.1) is 0 Å². The molecule has 0 atom stereocenters. The van der Waals surface area contributed by atoms with E-state index in [-0.39, 0.29) is 5.60 Å². The minimum Gasteiger partial charge on any atom is -0.462 e. The molecule has 0 spiro atoms. The van der Waals surface area contributed by atoms with E-state index in [2.05, 4.69) is 46.8 Å². The lowest BCUT2D eigenvalue weighted by atomic mass is 9.88. The largest absolute Gasteiger partial charge is 0.462 e. The number of hydrogen-bond donors (Lipinski definition) is 0. The summed E-state index contributed by atoms with van der Waals surface area (Å²) in [6.45, 7) is 16.1. The Kier molecular flexibility index (Phi) is 10.3. The molecule has 0 bridgehead atoms. The summed E-state index contributed by atoms with van der Waals surface area (Å²) in [4.78, 5) is 10.5. The van der Waals surface area contributed by atoms with Crippen LogP contribution in [0.3, 0.4) is 0 Å². The molecule has 0 N–H and O–H groups in total. The molecule has 1 aromatic carbocycles. The summed E-state index contributed by atoms with van der Waals surface area (Å²) in [5.41, 5.74) is 6.06. The SMILES string of the molecule is Cc1cc(CCCCCC(C)(C)OC=O)c(C)cc1CCCCCC(C)(C)C. The second-order valence-corrected chi connectivity index (χ2v) is 10.4. The third kappa shape index (κ3) is 10.3. The fourth-order valence-corrected chi connectivity index (χ4v) is 3.85.